The highest BCUT2D eigenvalue weighted by molar-refractivity contribution is 7.93. The predicted molar refractivity (Wildman–Crippen MR) is 112 cm³/mol. The van der Waals surface area contributed by atoms with E-state index >= 15 is 0 Å². The summed E-state index contributed by atoms with van der Waals surface area (Å²) in [5, 5.41) is 3.00. The Balaban J connectivity index is 1.45. The second-order valence-corrected chi connectivity index (χ2v) is 9.86. The lowest BCUT2D eigenvalue weighted by Gasteiger charge is -2.20. The van der Waals surface area contributed by atoms with Crippen LogP contribution in [-0.2, 0) is 14.8 Å². The lowest BCUT2D eigenvalue weighted by Crippen LogP contribution is -2.26. The summed E-state index contributed by atoms with van der Waals surface area (Å²) in [7, 11) is -3.20. The lowest BCUT2D eigenvalue weighted by atomic mass is 9.91. The number of anilines is 2. The highest BCUT2D eigenvalue weighted by Gasteiger charge is 2.33. The first-order valence-electron chi connectivity index (χ1n) is 9.90. The number of carbonyl (C=O) groups excluding carboxylic acids is 1. The van der Waals surface area contributed by atoms with E-state index < -0.39 is 10.0 Å². The Kier molecular flexibility index (Phi) is 5.15. The van der Waals surface area contributed by atoms with Crippen LogP contribution in [0.15, 0.2) is 48.5 Å². The Labute approximate surface area is 166 Å². The van der Waals surface area contributed by atoms with E-state index in [9.17, 15) is 13.2 Å². The van der Waals surface area contributed by atoms with Crippen molar-refractivity contribution in [2.24, 2.45) is 5.92 Å². The number of benzene rings is 2. The van der Waals surface area contributed by atoms with Gasteiger partial charge in [-0.05, 0) is 67.3 Å². The highest BCUT2D eigenvalue weighted by atomic mass is 32.2. The minimum Gasteiger partial charge on any atom is -0.326 e. The fourth-order valence-electron chi connectivity index (χ4n) is 4.09. The SMILES string of the molecule is Cc1cc(NC(=O)CC(c2ccccc2)C2CC2)ccc1N1CCCS1(=O)=O. The number of nitrogens with one attached hydrogen (secondary N) is 1. The molecule has 0 spiro atoms. The zero-order chi connectivity index (χ0) is 19.7. The van der Waals surface area contributed by atoms with Crippen LogP contribution >= 0.6 is 0 Å². The number of amides is 1. The molecular weight excluding hydrogens is 372 g/mol. The number of hydrogen-bond donors (Lipinski definition) is 1. The van der Waals surface area contributed by atoms with Crippen LogP contribution in [0.4, 0.5) is 11.4 Å². The smallest absolute Gasteiger partial charge is 0.235 e. The van der Waals surface area contributed by atoms with Crippen molar-refractivity contribution < 1.29 is 13.2 Å². The minimum atomic E-state index is -3.20. The number of nitrogens with zero attached hydrogens (tertiary/aromatic N) is 1. The lowest BCUT2D eigenvalue weighted by molar-refractivity contribution is -0.116. The zero-order valence-corrected chi connectivity index (χ0v) is 16.9. The van der Waals surface area contributed by atoms with Gasteiger partial charge in [0.2, 0.25) is 15.9 Å². The van der Waals surface area contributed by atoms with E-state index in [1.54, 1.807) is 12.1 Å². The molecule has 6 heteroatoms. The van der Waals surface area contributed by atoms with E-state index in [0.717, 1.165) is 5.56 Å². The maximum absolute atomic E-state index is 12.7. The molecule has 1 amide bonds. The fraction of sp³-hybridized carbons (Fsp3) is 0.409. The summed E-state index contributed by atoms with van der Waals surface area (Å²) in [6.45, 7) is 2.41. The largest absolute Gasteiger partial charge is 0.326 e. The third kappa shape index (κ3) is 4.07. The van der Waals surface area contributed by atoms with Gasteiger partial charge in [0.25, 0.3) is 0 Å². The summed E-state index contributed by atoms with van der Waals surface area (Å²) in [5.41, 5.74) is 3.50. The third-order valence-corrected chi connectivity index (χ3v) is 7.53. The van der Waals surface area contributed by atoms with E-state index in [2.05, 4.69) is 17.4 Å². The number of carbonyl (C=O) groups is 1. The van der Waals surface area contributed by atoms with Crippen molar-refractivity contribution in [2.45, 2.75) is 38.5 Å². The van der Waals surface area contributed by atoms with Crippen molar-refractivity contribution >= 4 is 27.3 Å². The van der Waals surface area contributed by atoms with Gasteiger partial charge in [0.05, 0.1) is 11.4 Å². The molecule has 0 radical (unpaired) electrons. The van der Waals surface area contributed by atoms with Gasteiger partial charge in [-0.3, -0.25) is 9.10 Å². The molecule has 1 saturated carbocycles. The Morgan fingerprint density at radius 2 is 1.93 bits per heavy atom. The molecule has 4 rings (SSSR count). The molecule has 0 aromatic heterocycles. The average molecular weight is 399 g/mol. The van der Waals surface area contributed by atoms with Gasteiger partial charge in [0.15, 0.2) is 0 Å². The van der Waals surface area contributed by atoms with Crippen LogP contribution in [-0.4, -0.2) is 26.6 Å². The summed E-state index contributed by atoms with van der Waals surface area (Å²) in [6.07, 6.45) is 3.49. The molecule has 0 bridgehead atoms. The second-order valence-electron chi connectivity index (χ2n) is 7.85. The average Bonchev–Trinajstić information content (AvgIpc) is 3.44. The van der Waals surface area contributed by atoms with E-state index in [4.69, 9.17) is 0 Å². The van der Waals surface area contributed by atoms with Gasteiger partial charge in [0.1, 0.15) is 0 Å². The molecule has 2 aromatic carbocycles. The van der Waals surface area contributed by atoms with Crippen molar-refractivity contribution in [1.82, 2.24) is 0 Å². The zero-order valence-electron chi connectivity index (χ0n) is 16.1. The van der Waals surface area contributed by atoms with E-state index in [0.29, 0.717) is 36.7 Å². The molecular formula is C22H26N2O3S. The summed E-state index contributed by atoms with van der Waals surface area (Å²) in [6, 6.07) is 15.7. The van der Waals surface area contributed by atoms with Crippen LogP contribution < -0.4 is 9.62 Å². The first kappa shape index (κ1) is 19.0. The van der Waals surface area contributed by atoms with Crippen molar-refractivity contribution in [2.75, 3.05) is 21.9 Å². The number of hydrogen-bond acceptors (Lipinski definition) is 3. The number of sulfonamides is 1. The van der Waals surface area contributed by atoms with Crippen LogP contribution in [0.2, 0.25) is 0 Å². The molecule has 5 nitrogen and oxygen atoms in total. The molecule has 1 atom stereocenters. The number of rotatable bonds is 6. The summed E-state index contributed by atoms with van der Waals surface area (Å²) in [4.78, 5) is 12.7. The normalized spacial score (nSPS) is 19.4. The summed E-state index contributed by atoms with van der Waals surface area (Å²) >= 11 is 0. The van der Waals surface area contributed by atoms with Crippen LogP contribution in [0.1, 0.15) is 42.7 Å². The quantitative estimate of drug-likeness (QED) is 0.798. The highest BCUT2D eigenvalue weighted by Crippen LogP contribution is 2.44. The van der Waals surface area contributed by atoms with Crippen molar-refractivity contribution in [3.63, 3.8) is 0 Å². The molecule has 1 N–H and O–H groups in total. The molecule has 28 heavy (non-hydrogen) atoms. The van der Waals surface area contributed by atoms with Crippen LogP contribution in [0.25, 0.3) is 0 Å². The molecule has 1 aliphatic heterocycles. The Bertz CT molecular complexity index is 969. The van der Waals surface area contributed by atoms with Gasteiger partial charge in [-0.1, -0.05) is 30.3 Å². The van der Waals surface area contributed by atoms with Gasteiger partial charge in [-0.15, -0.1) is 0 Å². The molecule has 148 valence electrons. The molecule has 1 aliphatic carbocycles. The van der Waals surface area contributed by atoms with Gasteiger partial charge >= 0.3 is 0 Å². The molecule has 1 saturated heterocycles. The van der Waals surface area contributed by atoms with Gasteiger partial charge in [0, 0.05) is 18.7 Å². The topological polar surface area (TPSA) is 66.5 Å². The van der Waals surface area contributed by atoms with Gasteiger partial charge in [-0.2, -0.15) is 0 Å². The first-order valence-corrected chi connectivity index (χ1v) is 11.5. The Hall–Kier alpha value is -2.34. The first-order chi connectivity index (χ1) is 13.4. The van der Waals surface area contributed by atoms with Gasteiger partial charge < -0.3 is 5.32 Å². The maximum Gasteiger partial charge on any atom is 0.235 e. The number of aryl methyl sites for hydroxylation is 1. The molecule has 2 fully saturated rings. The van der Waals surface area contributed by atoms with Crippen LogP contribution in [0.5, 0.6) is 0 Å². The van der Waals surface area contributed by atoms with E-state index in [-0.39, 0.29) is 17.6 Å². The fourth-order valence-corrected chi connectivity index (χ4v) is 5.72. The maximum atomic E-state index is 12.7. The third-order valence-electron chi connectivity index (χ3n) is 5.67. The van der Waals surface area contributed by atoms with Gasteiger partial charge in [-0.25, -0.2) is 8.42 Å². The van der Waals surface area contributed by atoms with Crippen LogP contribution in [0.3, 0.4) is 0 Å². The summed E-state index contributed by atoms with van der Waals surface area (Å²) in [5.74, 6) is 1.06. The minimum absolute atomic E-state index is 0.00157. The standard InChI is InChI=1S/C22H26N2O3S/c1-16-14-19(10-11-21(16)24-12-5-13-28(24,26)27)23-22(25)15-20(18-8-9-18)17-6-3-2-4-7-17/h2-4,6-7,10-11,14,18,20H,5,8-9,12-13,15H2,1H3,(H,23,25). The Morgan fingerprint density at radius 1 is 1.18 bits per heavy atom. The molecule has 2 aromatic rings. The molecule has 1 unspecified atom stereocenters. The van der Waals surface area contributed by atoms with Crippen LogP contribution in [0, 0.1) is 12.8 Å². The van der Waals surface area contributed by atoms with Crippen molar-refractivity contribution in [3.8, 4) is 0 Å². The molecule has 2 aliphatic rings. The van der Waals surface area contributed by atoms with Crippen molar-refractivity contribution in [1.29, 1.82) is 0 Å². The van der Waals surface area contributed by atoms with E-state index in [1.807, 2.05) is 31.2 Å². The Morgan fingerprint density at radius 3 is 2.54 bits per heavy atom. The second kappa shape index (κ2) is 7.59. The molecule has 1 heterocycles. The predicted octanol–water partition coefficient (Wildman–Crippen LogP) is 4.06. The van der Waals surface area contributed by atoms with Crippen molar-refractivity contribution in [3.05, 3.63) is 59.7 Å². The monoisotopic (exact) mass is 398 g/mol. The summed E-state index contributed by atoms with van der Waals surface area (Å²) < 4.78 is 25.8. The van der Waals surface area contributed by atoms with E-state index in [1.165, 1.54) is 22.7 Å².